The van der Waals surface area contributed by atoms with E-state index in [9.17, 15) is 9.59 Å². The summed E-state index contributed by atoms with van der Waals surface area (Å²) in [5.41, 5.74) is 0.214. The molecule has 1 aromatic heterocycles. The minimum absolute atomic E-state index is 0.0492. The molecular formula is C21H31N3O3S. The van der Waals surface area contributed by atoms with Gasteiger partial charge in [-0.05, 0) is 68.6 Å². The fourth-order valence-corrected chi connectivity index (χ4v) is 6.43. The molecule has 4 aliphatic rings. The van der Waals surface area contributed by atoms with Crippen LogP contribution in [0.25, 0.3) is 0 Å². The van der Waals surface area contributed by atoms with Gasteiger partial charge in [0.25, 0.3) is 5.91 Å². The summed E-state index contributed by atoms with van der Waals surface area (Å²) in [6.07, 6.45) is 8.33. The van der Waals surface area contributed by atoms with E-state index in [1.807, 2.05) is 0 Å². The van der Waals surface area contributed by atoms with Crippen LogP contribution < -0.4 is 10.6 Å². The zero-order chi connectivity index (χ0) is 19.7. The molecule has 2 N–H and O–H groups in total. The van der Waals surface area contributed by atoms with E-state index in [0.29, 0.717) is 11.0 Å². The van der Waals surface area contributed by atoms with Crippen molar-refractivity contribution in [1.82, 2.24) is 10.3 Å². The van der Waals surface area contributed by atoms with Crippen molar-refractivity contribution in [3.05, 3.63) is 11.1 Å². The van der Waals surface area contributed by atoms with E-state index < -0.39 is 5.97 Å². The molecule has 5 rings (SSSR count). The number of nitrogens with zero attached hydrogens (tertiary/aromatic N) is 1. The molecule has 0 atom stereocenters. The second kappa shape index (κ2) is 8.01. The molecule has 1 aromatic rings. The van der Waals surface area contributed by atoms with Crippen LogP contribution in [0.3, 0.4) is 0 Å². The lowest BCUT2D eigenvalue weighted by Gasteiger charge is -2.56. The predicted molar refractivity (Wildman–Crippen MR) is 109 cm³/mol. The van der Waals surface area contributed by atoms with Gasteiger partial charge in [0.05, 0.1) is 0 Å². The summed E-state index contributed by atoms with van der Waals surface area (Å²) >= 11 is 1.38. The lowest BCUT2D eigenvalue weighted by atomic mass is 9.53. The molecule has 4 saturated carbocycles. The first-order valence-electron chi connectivity index (χ1n) is 10.6. The Morgan fingerprint density at radius 3 is 2.46 bits per heavy atom. The number of carbonyl (C=O) groups is 2. The molecule has 0 spiro atoms. The molecule has 28 heavy (non-hydrogen) atoms. The summed E-state index contributed by atoms with van der Waals surface area (Å²) in [7, 11) is 0. The Bertz CT molecular complexity index is 695. The first kappa shape index (κ1) is 19.7. The highest BCUT2D eigenvalue weighted by molar-refractivity contribution is 7.13. The lowest BCUT2D eigenvalue weighted by Crippen LogP contribution is -2.60. The second-order valence-corrected chi connectivity index (χ2v) is 10.3. The number of thiazole rings is 1. The molecule has 0 saturated heterocycles. The molecular weight excluding hydrogens is 374 g/mol. The van der Waals surface area contributed by atoms with Crippen LogP contribution in [0.4, 0.5) is 5.13 Å². The zero-order valence-corrected chi connectivity index (χ0v) is 17.6. The van der Waals surface area contributed by atoms with Crippen LogP contribution in [-0.2, 0) is 9.53 Å². The van der Waals surface area contributed by atoms with Crippen LogP contribution in [0.5, 0.6) is 0 Å². The lowest BCUT2D eigenvalue weighted by molar-refractivity contribution is -0.130. The number of hydrogen-bond donors (Lipinski definition) is 2. The van der Waals surface area contributed by atoms with Gasteiger partial charge < -0.3 is 15.4 Å². The second-order valence-electron chi connectivity index (χ2n) is 9.47. The maximum atomic E-state index is 12.5. The van der Waals surface area contributed by atoms with Gasteiger partial charge >= 0.3 is 5.97 Å². The smallest absolute Gasteiger partial charge is 0.358 e. The van der Waals surface area contributed by atoms with Crippen LogP contribution in [0.1, 0.15) is 69.3 Å². The van der Waals surface area contributed by atoms with E-state index >= 15 is 0 Å². The number of anilines is 1. The summed E-state index contributed by atoms with van der Waals surface area (Å²) in [5, 5.41) is 8.84. The molecule has 0 unspecified atom stereocenters. The molecule has 0 radical (unpaired) electrons. The summed E-state index contributed by atoms with van der Waals surface area (Å²) in [5.74, 6) is 2.21. The highest BCUT2D eigenvalue weighted by Crippen LogP contribution is 2.55. The molecule has 7 heteroatoms. The Kier molecular flexibility index (Phi) is 5.63. The first-order chi connectivity index (χ1) is 13.4. The fraction of sp³-hybridized carbons (Fsp3) is 0.762. The summed E-state index contributed by atoms with van der Waals surface area (Å²) in [4.78, 5) is 28.9. The molecule has 1 heterocycles. The van der Waals surface area contributed by atoms with Crippen molar-refractivity contribution in [2.24, 2.45) is 23.7 Å². The molecule has 4 aliphatic carbocycles. The van der Waals surface area contributed by atoms with Gasteiger partial charge in [-0.15, -0.1) is 11.3 Å². The Labute approximate surface area is 170 Å². The SMILES string of the molecule is CC(C)CCNc1nc(C(=O)OCC(=O)NC23CC4CC(CC(C4)C2)C3)cs1. The van der Waals surface area contributed by atoms with E-state index in [4.69, 9.17) is 4.74 Å². The van der Waals surface area contributed by atoms with Crippen molar-refractivity contribution in [3.8, 4) is 0 Å². The van der Waals surface area contributed by atoms with Crippen molar-refractivity contribution in [2.75, 3.05) is 18.5 Å². The molecule has 154 valence electrons. The quantitative estimate of drug-likeness (QED) is 0.642. The number of hydrogen-bond acceptors (Lipinski definition) is 6. The number of amides is 1. The molecule has 0 aliphatic heterocycles. The van der Waals surface area contributed by atoms with E-state index in [1.165, 1.54) is 30.6 Å². The zero-order valence-electron chi connectivity index (χ0n) is 16.8. The fourth-order valence-electron chi connectivity index (χ4n) is 5.72. The van der Waals surface area contributed by atoms with Gasteiger partial charge in [0, 0.05) is 17.5 Å². The van der Waals surface area contributed by atoms with E-state index in [-0.39, 0.29) is 23.7 Å². The Morgan fingerprint density at radius 2 is 1.86 bits per heavy atom. The van der Waals surface area contributed by atoms with Crippen LogP contribution >= 0.6 is 11.3 Å². The van der Waals surface area contributed by atoms with E-state index in [2.05, 4.69) is 29.5 Å². The maximum absolute atomic E-state index is 12.5. The largest absolute Gasteiger partial charge is 0.451 e. The number of esters is 1. The Hall–Kier alpha value is -1.63. The van der Waals surface area contributed by atoms with Gasteiger partial charge in [0.1, 0.15) is 0 Å². The van der Waals surface area contributed by atoms with Crippen LogP contribution in [0, 0.1) is 23.7 Å². The Morgan fingerprint density at radius 1 is 1.21 bits per heavy atom. The first-order valence-corrected chi connectivity index (χ1v) is 11.5. The van der Waals surface area contributed by atoms with E-state index in [1.54, 1.807) is 5.38 Å². The van der Waals surface area contributed by atoms with Crippen LogP contribution in [-0.4, -0.2) is 35.6 Å². The van der Waals surface area contributed by atoms with Crippen molar-refractivity contribution < 1.29 is 14.3 Å². The van der Waals surface area contributed by atoms with Gasteiger partial charge in [-0.3, -0.25) is 4.79 Å². The highest BCUT2D eigenvalue weighted by Gasteiger charge is 2.51. The number of nitrogens with one attached hydrogen (secondary N) is 2. The molecule has 0 aromatic carbocycles. The van der Waals surface area contributed by atoms with Gasteiger partial charge in [0.15, 0.2) is 17.4 Å². The number of rotatable bonds is 8. The minimum Gasteiger partial charge on any atom is -0.451 e. The Balaban J connectivity index is 1.24. The number of ether oxygens (including phenoxy) is 1. The average molecular weight is 406 g/mol. The highest BCUT2D eigenvalue weighted by atomic mass is 32.1. The van der Waals surface area contributed by atoms with E-state index in [0.717, 1.165) is 50.0 Å². The topological polar surface area (TPSA) is 80.3 Å². The van der Waals surface area contributed by atoms with Gasteiger partial charge in [-0.25, -0.2) is 9.78 Å². The van der Waals surface area contributed by atoms with Gasteiger partial charge in [0.2, 0.25) is 0 Å². The summed E-state index contributed by atoms with van der Waals surface area (Å²) < 4.78 is 5.23. The molecule has 4 bridgehead atoms. The molecule has 6 nitrogen and oxygen atoms in total. The third-order valence-corrected chi connectivity index (χ3v) is 7.29. The monoisotopic (exact) mass is 405 g/mol. The number of aromatic nitrogens is 1. The number of carbonyl (C=O) groups excluding carboxylic acids is 2. The molecule has 4 fully saturated rings. The van der Waals surface area contributed by atoms with Crippen LogP contribution in [0.2, 0.25) is 0 Å². The third-order valence-electron chi connectivity index (χ3n) is 6.49. The van der Waals surface area contributed by atoms with Crippen molar-refractivity contribution in [3.63, 3.8) is 0 Å². The van der Waals surface area contributed by atoms with Crippen LogP contribution in [0.15, 0.2) is 5.38 Å². The predicted octanol–water partition coefficient (Wildman–Crippen LogP) is 3.84. The van der Waals surface area contributed by atoms with Gasteiger partial charge in [-0.2, -0.15) is 0 Å². The normalized spacial score (nSPS) is 30.5. The van der Waals surface area contributed by atoms with Gasteiger partial charge in [-0.1, -0.05) is 13.8 Å². The average Bonchev–Trinajstić information content (AvgIpc) is 3.06. The maximum Gasteiger partial charge on any atom is 0.358 e. The minimum atomic E-state index is -0.533. The molecule has 1 amide bonds. The van der Waals surface area contributed by atoms with Crippen molar-refractivity contribution in [1.29, 1.82) is 0 Å². The summed E-state index contributed by atoms with van der Waals surface area (Å²) in [6, 6.07) is 0. The van der Waals surface area contributed by atoms with Crippen molar-refractivity contribution >= 4 is 28.3 Å². The van der Waals surface area contributed by atoms with Crippen molar-refractivity contribution in [2.45, 2.75) is 64.3 Å². The standard InChI is InChI=1S/C21H31N3O3S/c1-13(2)3-4-22-20-23-17(12-28-20)19(26)27-11-18(25)24-21-8-14-5-15(9-21)7-16(6-14)10-21/h12-16H,3-11H2,1-2H3,(H,22,23)(H,24,25). The third kappa shape index (κ3) is 4.50. The summed E-state index contributed by atoms with van der Waals surface area (Å²) in [6.45, 7) is 4.93.